The predicted octanol–water partition coefficient (Wildman–Crippen LogP) is 1.09. The molecule has 106 valence electrons. The zero-order chi connectivity index (χ0) is 15.1. The van der Waals surface area contributed by atoms with Crippen molar-refractivity contribution in [3.63, 3.8) is 0 Å². The van der Waals surface area contributed by atoms with Gasteiger partial charge in [-0.1, -0.05) is 6.08 Å². The van der Waals surface area contributed by atoms with E-state index in [1.807, 2.05) is 0 Å². The van der Waals surface area contributed by atoms with E-state index in [0.29, 0.717) is 11.4 Å². The van der Waals surface area contributed by atoms with Crippen LogP contribution in [0.4, 0.5) is 5.69 Å². The molecule has 1 rings (SSSR count). The van der Waals surface area contributed by atoms with E-state index in [1.165, 1.54) is 18.2 Å². The molecule has 0 heterocycles. The summed E-state index contributed by atoms with van der Waals surface area (Å²) in [6, 6.07) is 3.90. The lowest BCUT2D eigenvalue weighted by molar-refractivity contribution is -0.387. The van der Waals surface area contributed by atoms with Gasteiger partial charge in [0, 0.05) is 18.2 Å². The third kappa shape index (κ3) is 4.39. The number of thioether (sulfide) groups is 1. The smallest absolute Gasteiger partial charge is 0.283 e. The SMILES string of the molecule is C=CCNC(=O)CSc1ccc(C(N)=O)cc1[N+](=O)[O-]. The van der Waals surface area contributed by atoms with Crippen molar-refractivity contribution >= 4 is 29.3 Å². The molecule has 0 saturated heterocycles. The monoisotopic (exact) mass is 295 g/mol. The molecular formula is C12H13N3O4S. The Morgan fingerprint density at radius 2 is 2.20 bits per heavy atom. The minimum Gasteiger partial charge on any atom is -0.366 e. The summed E-state index contributed by atoms with van der Waals surface area (Å²) in [4.78, 5) is 33.0. The van der Waals surface area contributed by atoms with Crippen LogP contribution in [0.3, 0.4) is 0 Å². The molecule has 0 aliphatic rings. The van der Waals surface area contributed by atoms with E-state index in [1.54, 1.807) is 0 Å². The van der Waals surface area contributed by atoms with Crippen molar-refractivity contribution in [1.82, 2.24) is 5.32 Å². The third-order valence-electron chi connectivity index (χ3n) is 2.24. The first-order valence-electron chi connectivity index (χ1n) is 5.54. The van der Waals surface area contributed by atoms with Crippen LogP contribution in [0.2, 0.25) is 0 Å². The summed E-state index contributed by atoms with van der Waals surface area (Å²) in [5, 5.41) is 13.5. The first-order valence-corrected chi connectivity index (χ1v) is 6.53. The van der Waals surface area contributed by atoms with Crippen molar-refractivity contribution in [3.8, 4) is 0 Å². The lowest BCUT2D eigenvalue weighted by Crippen LogP contribution is -2.24. The number of hydrogen-bond acceptors (Lipinski definition) is 5. The first kappa shape index (κ1) is 15.7. The molecule has 3 N–H and O–H groups in total. The van der Waals surface area contributed by atoms with Gasteiger partial charge in [0.15, 0.2) is 0 Å². The maximum absolute atomic E-state index is 11.4. The number of rotatable bonds is 7. The Bertz CT molecular complexity index is 560. The van der Waals surface area contributed by atoms with Crippen molar-refractivity contribution in [3.05, 3.63) is 46.5 Å². The van der Waals surface area contributed by atoms with Crippen LogP contribution in [-0.4, -0.2) is 29.0 Å². The van der Waals surface area contributed by atoms with Crippen LogP contribution in [-0.2, 0) is 4.79 Å². The second kappa shape index (κ2) is 7.29. The number of nitrogens with one attached hydrogen (secondary N) is 1. The molecule has 0 aromatic heterocycles. The number of nitro benzene ring substituents is 1. The highest BCUT2D eigenvalue weighted by atomic mass is 32.2. The second-order valence-corrected chi connectivity index (χ2v) is 4.70. The molecular weight excluding hydrogens is 282 g/mol. The molecule has 20 heavy (non-hydrogen) atoms. The highest BCUT2D eigenvalue weighted by Crippen LogP contribution is 2.29. The Morgan fingerprint density at radius 3 is 2.75 bits per heavy atom. The number of nitrogens with two attached hydrogens (primary N) is 1. The van der Waals surface area contributed by atoms with E-state index in [9.17, 15) is 19.7 Å². The molecule has 0 unspecified atom stereocenters. The van der Waals surface area contributed by atoms with Gasteiger partial charge in [-0.15, -0.1) is 18.3 Å². The lowest BCUT2D eigenvalue weighted by atomic mass is 10.2. The fourth-order valence-corrected chi connectivity index (χ4v) is 2.15. The molecule has 0 radical (unpaired) electrons. The van der Waals surface area contributed by atoms with Crippen LogP contribution in [0.25, 0.3) is 0 Å². The molecule has 0 atom stereocenters. The van der Waals surface area contributed by atoms with Gasteiger partial charge in [-0.25, -0.2) is 0 Å². The van der Waals surface area contributed by atoms with Gasteiger partial charge in [-0.3, -0.25) is 19.7 Å². The Labute approximate surface area is 119 Å². The summed E-state index contributed by atoms with van der Waals surface area (Å²) >= 11 is 1.01. The topological polar surface area (TPSA) is 115 Å². The van der Waals surface area contributed by atoms with E-state index in [-0.39, 0.29) is 22.9 Å². The van der Waals surface area contributed by atoms with Gasteiger partial charge in [0.05, 0.1) is 15.6 Å². The molecule has 0 saturated carbocycles. The fraction of sp³-hybridized carbons (Fsp3) is 0.167. The molecule has 0 spiro atoms. The third-order valence-corrected chi connectivity index (χ3v) is 3.31. The summed E-state index contributed by atoms with van der Waals surface area (Å²) in [6.07, 6.45) is 1.53. The minimum absolute atomic E-state index is 0.0323. The highest BCUT2D eigenvalue weighted by Gasteiger charge is 2.17. The molecule has 1 aromatic rings. The quantitative estimate of drug-likeness (QED) is 0.338. The number of hydrogen-bond donors (Lipinski definition) is 2. The van der Waals surface area contributed by atoms with Crippen LogP contribution in [0, 0.1) is 10.1 Å². The van der Waals surface area contributed by atoms with Crippen molar-refractivity contribution in [2.75, 3.05) is 12.3 Å². The number of amides is 2. The van der Waals surface area contributed by atoms with Crippen molar-refractivity contribution in [1.29, 1.82) is 0 Å². The number of nitrogens with zero attached hydrogens (tertiary/aromatic N) is 1. The molecule has 7 nitrogen and oxygen atoms in total. The van der Waals surface area contributed by atoms with Gasteiger partial charge in [0.1, 0.15) is 0 Å². The fourth-order valence-electron chi connectivity index (χ4n) is 1.32. The molecule has 8 heteroatoms. The van der Waals surface area contributed by atoms with Gasteiger partial charge >= 0.3 is 0 Å². The lowest BCUT2D eigenvalue weighted by Gasteiger charge is -2.04. The van der Waals surface area contributed by atoms with E-state index >= 15 is 0 Å². The van der Waals surface area contributed by atoms with Gasteiger partial charge in [-0.05, 0) is 12.1 Å². The minimum atomic E-state index is -0.742. The van der Waals surface area contributed by atoms with E-state index < -0.39 is 10.8 Å². The van der Waals surface area contributed by atoms with E-state index in [4.69, 9.17) is 5.73 Å². The number of primary amides is 1. The zero-order valence-corrected chi connectivity index (χ0v) is 11.3. The van der Waals surface area contributed by atoms with Gasteiger partial charge in [0.2, 0.25) is 11.8 Å². The Morgan fingerprint density at radius 1 is 1.50 bits per heavy atom. The first-order chi connectivity index (χ1) is 9.45. The Balaban J connectivity index is 2.84. The standard InChI is InChI=1S/C12H13N3O4S/c1-2-5-14-11(16)7-20-10-4-3-8(12(13)17)6-9(10)15(18)19/h2-4,6H,1,5,7H2,(H2,13,17)(H,14,16). The Kier molecular flexibility index (Phi) is 5.73. The maximum atomic E-state index is 11.4. The molecule has 1 aromatic carbocycles. The van der Waals surface area contributed by atoms with Crippen LogP contribution < -0.4 is 11.1 Å². The number of benzene rings is 1. The summed E-state index contributed by atoms with van der Waals surface area (Å²) in [7, 11) is 0. The highest BCUT2D eigenvalue weighted by molar-refractivity contribution is 8.00. The molecule has 0 bridgehead atoms. The summed E-state index contributed by atoms with van der Waals surface area (Å²) < 4.78 is 0. The average molecular weight is 295 g/mol. The number of nitro groups is 1. The summed E-state index contributed by atoms with van der Waals surface area (Å²) in [5.41, 5.74) is 4.87. The van der Waals surface area contributed by atoms with Crippen molar-refractivity contribution in [2.24, 2.45) is 5.73 Å². The molecule has 0 aliphatic heterocycles. The Hall–Kier alpha value is -2.35. The largest absolute Gasteiger partial charge is 0.366 e. The molecule has 0 fully saturated rings. The predicted molar refractivity (Wildman–Crippen MR) is 75.5 cm³/mol. The van der Waals surface area contributed by atoms with Crippen molar-refractivity contribution < 1.29 is 14.5 Å². The van der Waals surface area contributed by atoms with Gasteiger partial charge < -0.3 is 11.1 Å². The van der Waals surface area contributed by atoms with E-state index in [2.05, 4.69) is 11.9 Å². The van der Waals surface area contributed by atoms with E-state index in [0.717, 1.165) is 17.8 Å². The zero-order valence-electron chi connectivity index (χ0n) is 10.5. The normalized spacial score (nSPS) is 9.80. The van der Waals surface area contributed by atoms with Crippen molar-refractivity contribution in [2.45, 2.75) is 4.90 Å². The van der Waals surface area contributed by atoms with Gasteiger partial charge in [-0.2, -0.15) is 0 Å². The van der Waals surface area contributed by atoms with Crippen LogP contribution in [0.5, 0.6) is 0 Å². The summed E-state index contributed by atoms with van der Waals surface area (Å²) in [5.74, 6) is -0.971. The summed E-state index contributed by atoms with van der Waals surface area (Å²) in [6.45, 7) is 3.80. The molecule has 0 aliphatic carbocycles. The van der Waals surface area contributed by atoms with Crippen LogP contribution in [0.15, 0.2) is 35.7 Å². The van der Waals surface area contributed by atoms with Crippen LogP contribution in [0.1, 0.15) is 10.4 Å². The second-order valence-electron chi connectivity index (χ2n) is 3.69. The van der Waals surface area contributed by atoms with Crippen LogP contribution >= 0.6 is 11.8 Å². The number of carbonyl (C=O) groups is 2. The average Bonchev–Trinajstić information content (AvgIpc) is 2.42. The molecule has 2 amide bonds. The number of carbonyl (C=O) groups excluding carboxylic acids is 2. The maximum Gasteiger partial charge on any atom is 0.283 e. The van der Waals surface area contributed by atoms with Gasteiger partial charge in [0.25, 0.3) is 5.69 Å².